The van der Waals surface area contributed by atoms with Gasteiger partial charge in [0.2, 0.25) is 0 Å². The molecule has 2 aromatic carbocycles. The van der Waals surface area contributed by atoms with Gasteiger partial charge in [-0.05, 0) is 41.6 Å². The molecule has 2 heteroatoms. The van der Waals surface area contributed by atoms with E-state index in [-0.39, 0.29) is 0 Å². The predicted molar refractivity (Wildman–Crippen MR) is 98.3 cm³/mol. The number of ether oxygens (including phenoxy) is 1. The van der Waals surface area contributed by atoms with E-state index in [1.54, 1.807) is 6.20 Å². The average molecular weight is 317 g/mol. The first-order chi connectivity index (χ1) is 12.3. The van der Waals surface area contributed by atoms with Crippen LogP contribution in [-0.2, 0) is 6.37 Å². The lowest BCUT2D eigenvalue weighted by Crippen LogP contribution is -2.09. The van der Waals surface area contributed by atoms with Gasteiger partial charge in [-0.2, -0.15) is 0 Å². The molecule has 1 aliphatic rings. The lowest BCUT2D eigenvalue weighted by molar-refractivity contribution is 0.410. The summed E-state index contributed by atoms with van der Waals surface area (Å²) in [5.41, 5.74) is 3.85. The summed E-state index contributed by atoms with van der Waals surface area (Å²) in [4.78, 5) is 4.58. The molecule has 2 heterocycles. The SMILES string of the molecule is [2H]C([2H])(c1ccc2c(c1)Oc1ccccc1-c1ncccc1-2)C(C)(C)C. The number of benzene rings is 2. The van der Waals surface area contributed by atoms with Crippen molar-refractivity contribution >= 4 is 0 Å². The number of rotatable bonds is 1. The summed E-state index contributed by atoms with van der Waals surface area (Å²) in [7, 11) is 0. The van der Waals surface area contributed by atoms with Crippen molar-refractivity contribution in [2.24, 2.45) is 5.41 Å². The number of nitrogens with zero attached hydrogens (tertiary/aromatic N) is 1. The van der Waals surface area contributed by atoms with Gasteiger partial charge in [-0.25, -0.2) is 0 Å². The zero-order valence-corrected chi connectivity index (χ0v) is 14.1. The van der Waals surface area contributed by atoms with E-state index in [1.165, 1.54) is 0 Å². The molecule has 2 nitrogen and oxygen atoms in total. The highest BCUT2D eigenvalue weighted by Crippen LogP contribution is 2.45. The van der Waals surface area contributed by atoms with Crippen molar-refractivity contribution < 1.29 is 7.48 Å². The molecule has 3 aromatic rings. The minimum atomic E-state index is -1.48. The molecule has 0 fully saturated rings. The summed E-state index contributed by atoms with van der Waals surface area (Å²) in [6.07, 6.45) is 0.308. The summed E-state index contributed by atoms with van der Waals surface area (Å²) >= 11 is 0. The fourth-order valence-electron chi connectivity index (χ4n) is 3.05. The minimum Gasteiger partial charge on any atom is -0.456 e. The highest BCUT2D eigenvalue weighted by atomic mass is 16.5. The van der Waals surface area contributed by atoms with Gasteiger partial charge in [0.25, 0.3) is 0 Å². The van der Waals surface area contributed by atoms with Gasteiger partial charge in [0.05, 0.1) is 5.69 Å². The Labute approximate surface area is 146 Å². The van der Waals surface area contributed by atoms with Gasteiger partial charge in [-0.3, -0.25) is 4.98 Å². The second-order valence-corrected chi connectivity index (χ2v) is 7.08. The smallest absolute Gasteiger partial charge is 0.136 e. The van der Waals surface area contributed by atoms with Crippen LogP contribution >= 0.6 is 0 Å². The van der Waals surface area contributed by atoms with E-state index in [9.17, 15) is 0 Å². The van der Waals surface area contributed by atoms with Crippen molar-refractivity contribution in [3.63, 3.8) is 0 Å². The van der Waals surface area contributed by atoms with Crippen LogP contribution in [0.4, 0.5) is 0 Å². The van der Waals surface area contributed by atoms with Crippen LogP contribution in [0.25, 0.3) is 22.4 Å². The molecule has 0 bridgehead atoms. The van der Waals surface area contributed by atoms with Crippen molar-refractivity contribution in [1.82, 2.24) is 4.98 Å². The number of hydrogen-bond acceptors (Lipinski definition) is 2. The highest BCUT2D eigenvalue weighted by Gasteiger charge is 2.22. The number of hydrogen-bond donors (Lipinski definition) is 0. The van der Waals surface area contributed by atoms with Crippen LogP contribution < -0.4 is 4.74 Å². The molecule has 0 saturated heterocycles. The molecule has 0 aliphatic carbocycles. The molecular formula is C22H21NO. The first kappa shape index (κ1) is 12.8. The van der Waals surface area contributed by atoms with Crippen LogP contribution in [0.3, 0.4) is 0 Å². The van der Waals surface area contributed by atoms with E-state index < -0.39 is 11.8 Å². The Morgan fingerprint density at radius 2 is 1.71 bits per heavy atom. The van der Waals surface area contributed by atoms with Crippen LogP contribution in [0.15, 0.2) is 60.8 Å². The maximum Gasteiger partial charge on any atom is 0.136 e. The molecule has 0 atom stereocenters. The number of fused-ring (bicyclic) bond motifs is 5. The third kappa shape index (κ3) is 2.69. The lowest BCUT2D eigenvalue weighted by Gasteiger charge is -2.19. The lowest BCUT2D eigenvalue weighted by atomic mass is 9.87. The van der Waals surface area contributed by atoms with Crippen molar-refractivity contribution in [3.8, 4) is 33.9 Å². The van der Waals surface area contributed by atoms with Gasteiger partial charge in [-0.1, -0.05) is 51.1 Å². The molecular weight excluding hydrogens is 294 g/mol. The van der Waals surface area contributed by atoms with Crippen molar-refractivity contribution in [1.29, 1.82) is 0 Å². The van der Waals surface area contributed by atoms with Crippen molar-refractivity contribution in [3.05, 3.63) is 66.4 Å². The fourth-order valence-corrected chi connectivity index (χ4v) is 3.05. The normalized spacial score (nSPS) is 14.3. The van der Waals surface area contributed by atoms with Gasteiger partial charge < -0.3 is 4.74 Å². The monoisotopic (exact) mass is 317 g/mol. The molecule has 0 radical (unpaired) electrons. The second kappa shape index (κ2) is 5.48. The summed E-state index contributed by atoms with van der Waals surface area (Å²) in [6.45, 7) is 5.73. The van der Waals surface area contributed by atoms with E-state index in [0.717, 1.165) is 28.1 Å². The molecule has 0 unspecified atom stereocenters. The second-order valence-electron chi connectivity index (χ2n) is 7.08. The van der Waals surface area contributed by atoms with Gasteiger partial charge in [0.1, 0.15) is 11.5 Å². The largest absolute Gasteiger partial charge is 0.456 e. The third-order valence-electron chi connectivity index (χ3n) is 3.96. The Morgan fingerprint density at radius 1 is 0.917 bits per heavy atom. The first-order valence-corrected chi connectivity index (χ1v) is 8.16. The molecule has 1 aromatic heterocycles. The van der Waals surface area contributed by atoms with E-state index >= 15 is 0 Å². The Hall–Kier alpha value is -2.61. The maximum absolute atomic E-state index is 8.58. The molecule has 4 rings (SSSR count). The number of para-hydroxylation sites is 1. The Kier molecular flexibility index (Phi) is 2.92. The summed E-state index contributed by atoms with van der Waals surface area (Å²) < 4.78 is 23.4. The van der Waals surface area contributed by atoms with Crippen LogP contribution in [0, 0.1) is 5.41 Å². The molecule has 1 aliphatic heterocycles. The third-order valence-corrected chi connectivity index (χ3v) is 3.96. The zero-order valence-electron chi connectivity index (χ0n) is 16.1. The Bertz CT molecular complexity index is 989. The fraction of sp³-hybridized carbons (Fsp3) is 0.227. The Balaban J connectivity index is 1.96. The summed E-state index contributed by atoms with van der Waals surface area (Å²) in [5.74, 6) is 1.40. The number of aromatic nitrogens is 1. The van der Waals surface area contributed by atoms with E-state index in [0.29, 0.717) is 11.3 Å². The molecule has 120 valence electrons. The van der Waals surface area contributed by atoms with Gasteiger partial charge in [0, 0.05) is 25.6 Å². The van der Waals surface area contributed by atoms with Gasteiger partial charge in [-0.15, -0.1) is 0 Å². The van der Waals surface area contributed by atoms with E-state index in [1.807, 2.05) is 75.4 Å². The molecule has 24 heavy (non-hydrogen) atoms. The van der Waals surface area contributed by atoms with Gasteiger partial charge in [0.15, 0.2) is 0 Å². The van der Waals surface area contributed by atoms with E-state index in [2.05, 4.69) is 4.98 Å². The van der Waals surface area contributed by atoms with Crippen LogP contribution in [0.5, 0.6) is 11.5 Å². The van der Waals surface area contributed by atoms with Crippen LogP contribution in [-0.4, -0.2) is 4.98 Å². The topological polar surface area (TPSA) is 22.1 Å². The molecule has 0 spiro atoms. The quantitative estimate of drug-likeness (QED) is 0.422. The number of pyridine rings is 1. The zero-order chi connectivity index (χ0) is 18.5. The predicted octanol–water partition coefficient (Wildman–Crippen LogP) is 6.11. The van der Waals surface area contributed by atoms with Gasteiger partial charge >= 0.3 is 0 Å². The molecule has 0 saturated carbocycles. The summed E-state index contributed by atoms with van der Waals surface area (Å²) in [6, 6.07) is 17.4. The summed E-state index contributed by atoms with van der Waals surface area (Å²) in [5, 5.41) is 0. The Morgan fingerprint density at radius 3 is 2.54 bits per heavy atom. The maximum atomic E-state index is 8.58. The standard InChI is InChI=1S/C22H21NO/c1-22(2,3)14-15-10-11-16-17-8-6-12-23-21(17)18-7-4-5-9-19(18)24-20(16)13-15/h4-13H,14H2,1-3H3/i14D2. The highest BCUT2D eigenvalue weighted by molar-refractivity contribution is 5.88. The average Bonchev–Trinajstić information content (AvgIpc) is 2.75. The molecule has 0 amide bonds. The van der Waals surface area contributed by atoms with Crippen molar-refractivity contribution in [2.75, 3.05) is 0 Å². The minimum absolute atomic E-state index is 0.524. The van der Waals surface area contributed by atoms with Crippen LogP contribution in [0.1, 0.15) is 29.1 Å². The van der Waals surface area contributed by atoms with Crippen LogP contribution in [0.2, 0.25) is 0 Å². The van der Waals surface area contributed by atoms with E-state index in [4.69, 9.17) is 7.48 Å². The van der Waals surface area contributed by atoms with Crippen molar-refractivity contribution in [2.45, 2.75) is 27.1 Å². The molecule has 0 N–H and O–H groups in total. The first-order valence-electron chi connectivity index (χ1n) is 9.16.